The molecule has 1 nitrogen and oxygen atoms in total. The van der Waals surface area contributed by atoms with E-state index in [1.807, 2.05) is 0 Å². The number of fused-ring (bicyclic) bond motifs is 11. The molecule has 3 aromatic carbocycles. The molecule has 4 aromatic rings. The summed E-state index contributed by atoms with van der Waals surface area (Å²) < 4.78 is 2.43. The van der Waals surface area contributed by atoms with Crippen molar-refractivity contribution in [2.45, 2.75) is 32.1 Å². The molecule has 0 saturated heterocycles. The molecule has 0 unspecified atom stereocenters. The molecule has 3 aliphatic rings. The first kappa shape index (κ1) is 15.8. The summed E-state index contributed by atoms with van der Waals surface area (Å²) in [6, 6.07) is 13.7. The fourth-order valence-electron chi connectivity index (χ4n) is 6.17. The molecular formula is C28H23N. The highest BCUT2D eigenvalue weighted by molar-refractivity contribution is 6.22. The molecule has 0 amide bonds. The molecular weight excluding hydrogens is 350 g/mol. The first-order valence-corrected chi connectivity index (χ1v) is 10.9. The topological polar surface area (TPSA) is 4.93 Å². The smallest absolute Gasteiger partial charge is 0.0571 e. The molecule has 1 heterocycles. The van der Waals surface area contributed by atoms with Crippen molar-refractivity contribution in [3.63, 3.8) is 0 Å². The number of aromatic nitrogens is 1. The van der Waals surface area contributed by atoms with Crippen molar-refractivity contribution < 1.29 is 0 Å². The molecule has 3 aliphatic carbocycles. The van der Waals surface area contributed by atoms with Crippen LogP contribution in [0.3, 0.4) is 0 Å². The molecule has 0 bridgehead atoms. The molecule has 0 atom stereocenters. The summed E-state index contributed by atoms with van der Waals surface area (Å²) in [7, 11) is 2.24. The van der Waals surface area contributed by atoms with Crippen molar-refractivity contribution in [1.29, 1.82) is 0 Å². The maximum Gasteiger partial charge on any atom is 0.0571 e. The second kappa shape index (κ2) is 5.51. The Morgan fingerprint density at radius 2 is 1.66 bits per heavy atom. The lowest BCUT2D eigenvalue weighted by Crippen LogP contribution is -2.01. The molecule has 0 saturated carbocycles. The second-order valence-electron chi connectivity index (χ2n) is 8.77. The van der Waals surface area contributed by atoms with Crippen LogP contribution >= 0.6 is 0 Å². The van der Waals surface area contributed by atoms with Gasteiger partial charge in [0.15, 0.2) is 0 Å². The van der Waals surface area contributed by atoms with E-state index in [-0.39, 0.29) is 0 Å². The highest BCUT2D eigenvalue weighted by Crippen LogP contribution is 2.47. The van der Waals surface area contributed by atoms with E-state index in [9.17, 15) is 0 Å². The Morgan fingerprint density at radius 3 is 2.62 bits per heavy atom. The summed E-state index contributed by atoms with van der Waals surface area (Å²) in [5.74, 6) is 0. The minimum Gasteiger partial charge on any atom is -0.343 e. The monoisotopic (exact) mass is 373 g/mol. The third-order valence-electron chi connectivity index (χ3n) is 7.38. The van der Waals surface area contributed by atoms with Crippen LogP contribution in [0.1, 0.15) is 41.5 Å². The van der Waals surface area contributed by atoms with Gasteiger partial charge in [0.25, 0.3) is 0 Å². The average molecular weight is 373 g/mol. The second-order valence-corrected chi connectivity index (χ2v) is 8.77. The Kier molecular flexibility index (Phi) is 3.00. The predicted octanol–water partition coefficient (Wildman–Crippen LogP) is 7.10. The van der Waals surface area contributed by atoms with Gasteiger partial charge in [-0.15, -0.1) is 0 Å². The lowest BCUT2D eigenvalue weighted by atomic mass is 9.85. The fourth-order valence-corrected chi connectivity index (χ4v) is 6.17. The fraction of sp³-hybridized carbons (Fsp3) is 0.214. The minimum atomic E-state index is 1.09. The van der Waals surface area contributed by atoms with E-state index in [4.69, 9.17) is 0 Å². The highest BCUT2D eigenvalue weighted by atomic mass is 14.9. The van der Waals surface area contributed by atoms with Gasteiger partial charge in [0.05, 0.1) is 5.52 Å². The Morgan fingerprint density at radius 1 is 0.793 bits per heavy atom. The molecule has 0 fully saturated rings. The van der Waals surface area contributed by atoms with Crippen LogP contribution in [0.5, 0.6) is 0 Å². The lowest BCUT2D eigenvalue weighted by molar-refractivity contribution is 0.994. The molecule has 1 aromatic heterocycles. The van der Waals surface area contributed by atoms with Crippen LogP contribution in [0.25, 0.3) is 44.2 Å². The van der Waals surface area contributed by atoms with Gasteiger partial charge in [-0.1, -0.05) is 54.6 Å². The third kappa shape index (κ3) is 1.91. The molecule has 140 valence electrons. The minimum absolute atomic E-state index is 1.09. The summed E-state index contributed by atoms with van der Waals surface area (Å²) in [5, 5.41) is 5.81. The zero-order chi connectivity index (χ0) is 19.1. The van der Waals surface area contributed by atoms with Gasteiger partial charge in [-0.05, 0) is 77.0 Å². The maximum atomic E-state index is 2.43. The summed E-state index contributed by atoms with van der Waals surface area (Å²) in [6.07, 6.45) is 15.3. The van der Waals surface area contributed by atoms with Crippen molar-refractivity contribution >= 4 is 44.2 Å². The van der Waals surface area contributed by atoms with E-state index in [0.29, 0.717) is 0 Å². The molecule has 1 heteroatoms. The van der Waals surface area contributed by atoms with Gasteiger partial charge in [-0.25, -0.2) is 0 Å². The molecule has 7 rings (SSSR count). The summed E-state index contributed by atoms with van der Waals surface area (Å²) >= 11 is 0. The number of allylic oxidation sites excluding steroid dienone is 5. The van der Waals surface area contributed by atoms with Gasteiger partial charge < -0.3 is 4.57 Å². The lowest BCUT2D eigenvalue weighted by Gasteiger charge is -2.19. The molecule has 0 spiro atoms. The Labute approximate surface area is 170 Å². The quantitative estimate of drug-likeness (QED) is 0.310. The SMILES string of the molecule is Cn1c2ccccc2c2c3c(c4c5c(ccc4c21)C1=C(C=CCC1)C5)C=CCC3. The average Bonchev–Trinajstić information content (AvgIpc) is 3.30. The van der Waals surface area contributed by atoms with Crippen molar-refractivity contribution in [3.8, 4) is 0 Å². The number of aryl methyl sites for hydroxylation is 2. The molecule has 0 N–H and O–H groups in total. The van der Waals surface area contributed by atoms with Crippen LogP contribution in [0, 0.1) is 0 Å². The van der Waals surface area contributed by atoms with Gasteiger partial charge in [0.2, 0.25) is 0 Å². The van der Waals surface area contributed by atoms with Crippen molar-refractivity contribution in [3.05, 3.63) is 82.5 Å². The number of para-hydroxylation sites is 1. The summed E-state index contributed by atoms with van der Waals surface area (Å²) in [4.78, 5) is 0. The van der Waals surface area contributed by atoms with E-state index in [1.165, 1.54) is 56.5 Å². The maximum absolute atomic E-state index is 2.43. The summed E-state index contributed by atoms with van der Waals surface area (Å²) in [6.45, 7) is 0. The first-order valence-electron chi connectivity index (χ1n) is 10.9. The normalized spacial score (nSPS) is 17.4. The predicted molar refractivity (Wildman–Crippen MR) is 124 cm³/mol. The van der Waals surface area contributed by atoms with E-state index in [0.717, 1.165) is 19.3 Å². The van der Waals surface area contributed by atoms with E-state index >= 15 is 0 Å². The molecule has 29 heavy (non-hydrogen) atoms. The molecule has 0 aliphatic heterocycles. The highest BCUT2D eigenvalue weighted by Gasteiger charge is 2.27. The standard InChI is InChI=1S/C28H23N/c1-29-25-13-7-6-12-22(25)27-21-11-5-4-10-20(21)26-23(28(27)29)15-14-19-18-9-3-2-8-17(18)16-24(19)26/h2,4,6-8,10,12-15H,3,5,9,11,16H2,1H3. The zero-order valence-corrected chi connectivity index (χ0v) is 16.8. The van der Waals surface area contributed by atoms with Gasteiger partial charge in [-0.2, -0.15) is 0 Å². The first-order chi connectivity index (χ1) is 14.3. The van der Waals surface area contributed by atoms with Gasteiger partial charge in [0.1, 0.15) is 0 Å². The number of benzene rings is 3. The summed E-state index contributed by atoms with van der Waals surface area (Å²) in [5.41, 5.74) is 12.0. The van der Waals surface area contributed by atoms with Gasteiger partial charge in [-0.3, -0.25) is 0 Å². The van der Waals surface area contributed by atoms with Gasteiger partial charge >= 0.3 is 0 Å². The number of nitrogens with zero attached hydrogens (tertiary/aromatic N) is 1. The van der Waals surface area contributed by atoms with Crippen LogP contribution in [0.4, 0.5) is 0 Å². The van der Waals surface area contributed by atoms with Crippen LogP contribution < -0.4 is 0 Å². The molecule has 0 radical (unpaired) electrons. The Hall–Kier alpha value is -3.06. The van der Waals surface area contributed by atoms with E-state index in [1.54, 1.807) is 22.3 Å². The van der Waals surface area contributed by atoms with Crippen LogP contribution in [-0.2, 0) is 19.9 Å². The largest absolute Gasteiger partial charge is 0.343 e. The number of hydrogen-bond donors (Lipinski definition) is 0. The zero-order valence-electron chi connectivity index (χ0n) is 16.8. The van der Waals surface area contributed by atoms with Crippen LogP contribution in [0.15, 0.2) is 60.2 Å². The Balaban J connectivity index is 1.71. The van der Waals surface area contributed by atoms with Crippen LogP contribution in [-0.4, -0.2) is 4.57 Å². The third-order valence-corrected chi connectivity index (χ3v) is 7.38. The van der Waals surface area contributed by atoms with E-state index in [2.05, 4.69) is 72.3 Å². The van der Waals surface area contributed by atoms with Crippen molar-refractivity contribution in [1.82, 2.24) is 4.57 Å². The van der Waals surface area contributed by atoms with Crippen molar-refractivity contribution in [2.75, 3.05) is 0 Å². The van der Waals surface area contributed by atoms with Crippen LogP contribution in [0.2, 0.25) is 0 Å². The number of rotatable bonds is 0. The van der Waals surface area contributed by atoms with Gasteiger partial charge in [0, 0.05) is 28.7 Å². The Bertz CT molecular complexity index is 1470. The van der Waals surface area contributed by atoms with E-state index < -0.39 is 0 Å². The number of hydrogen-bond acceptors (Lipinski definition) is 0. The van der Waals surface area contributed by atoms with Crippen molar-refractivity contribution in [2.24, 2.45) is 7.05 Å².